The molecule has 1 aliphatic rings. The summed E-state index contributed by atoms with van der Waals surface area (Å²) in [5.74, 6) is -0.166. The number of carbonyl (C=O) groups excluding carboxylic acids is 2. The number of nitrogens with one attached hydrogen (secondary N) is 1. The largest absolute Gasteiger partial charge is 0.482 e. The lowest BCUT2D eigenvalue weighted by molar-refractivity contribution is -0.123. The van der Waals surface area contributed by atoms with E-state index in [4.69, 9.17) is 27.9 Å². The molecule has 0 atom stereocenters. The Balaban J connectivity index is 1.62. The summed E-state index contributed by atoms with van der Waals surface area (Å²) in [5, 5.41) is 4.47. The van der Waals surface area contributed by atoms with Gasteiger partial charge in [0.15, 0.2) is 6.61 Å². The van der Waals surface area contributed by atoms with Gasteiger partial charge in [0.1, 0.15) is 12.3 Å². The number of aryl methyl sites for hydroxylation is 2. The highest BCUT2D eigenvalue weighted by atomic mass is 35.5. The first kappa shape index (κ1) is 20.7. The van der Waals surface area contributed by atoms with Gasteiger partial charge in [-0.15, -0.1) is 11.3 Å². The number of amides is 2. The molecule has 1 aliphatic heterocycles. The summed E-state index contributed by atoms with van der Waals surface area (Å²) in [7, 11) is 0. The molecule has 2 heterocycles. The summed E-state index contributed by atoms with van der Waals surface area (Å²) in [4.78, 5) is 32.3. The van der Waals surface area contributed by atoms with Gasteiger partial charge in [0.25, 0.3) is 5.91 Å². The number of carbonyl (C=O) groups is 2. The molecular weight excluding hydrogens is 445 g/mol. The van der Waals surface area contributed by atoms with Gasteiger partial charge in [0.2, 0.25) is 5.91 Å². The molecule has 154 valence electrons. The van der Waals surface area contributed by atoms with Crippen LogP contribution >= 0.6 is 34.5 Å². The van der Waals surface area contributed by atoms with E-state index in [-0.39, 0.29) is 19.1 Å². The van der Waals surface area contributed by atoms with Crippen LogP contribution in [0.3, 0.4) is 0 Å². The maximum atomic E-state index is 12.7. The molecular formula is C21H17Cl2N3O3S. The second-order valence-corrected chi connectivity index (χ2v) is 9.01. The average molecular weight is 462 g/mol. The van der Waals surface area contributed by atoms with E-state index in [1.54, 1.807) is 35.6 Å². The van der Waals surface area contributed by atoms with Gasteiger partial charge in [-0.2, -0.15) is 0 Å². The first-order valence-corrected chi connectivity index (χ1v) is 10.7. The number of nitrogens with zero attached hydrogens (tertiary/aromatic N) is 2. The highest BCUT2D eigenvalue weighted by molar-refractivity contribution is 7.11. The molecule has 30 heavy (non-hydrogen) atoms. The molecule has 1 N–H and O–H groups in total. The number of halogens is 2. The molecule has 0 saturated heterocycles. The normalized spacial score (nSPS) is 13.1. The number of hydrogen-bond acceptors (Lipinski definition) is 5. The van der Waals surface area contributed by atoms with Crippen molar-refractivity contribution in [2.75, 3.05) is 23.4 Å². The Morgan fingerprint density at radius 2 is 2.03 bits per heavy atom. The third kappa shape index (κ3) is 4.14. The fourth-order valence-electron chi connectivity index (χ4n) is 3.25. The minimum absolute atomic E-state index is 0.133. The molecule has 2 aromatic carbocycles. The molecule has 9 heteroatoms. The Morgan fingerprint density at radius 1 is 1.23 bits per heavy atom. The summed E-state index contributed by atoms with van der Waals surface area (Å²) in [5.41, 5.74) is 2.63. The molecule has 0 aliphatic carbocycles. The van der Waals surface area contributed by atoms with E-state index >= 15 is 0 Å². The summed E-state index contributed by atoms with van der Waals surface area (Å²) in [6.45, 7) is 3.63. The van der Waals surface area contributed by atoms with Crippen LogP contribution in [-0.4, -0.2) is 29.9 Å². The van der Waals surface area contributed by atoms with E-state index in [0.717, 1.165) is 21.1 Å². The summed E-state index contributed by atoms with van der Waals surface area (Å²) < 4.78 is 5.55. The molecule has 0 fully saturated rings. The smallest absolute Gasteiger partial charge is 0.265 e. The number of thiazole rings is 1. The fraction of sp³-hybridized carbons (Fsp3) is 0.190. The number of aromatic nitrogens is 1. The predicted octanol–water partition coefficient (Wildman–Crippen LogP) is 5.10. The molecule has 2 amide bonds. The monoisotopic (exact) mass is 461 g/mol. The number of anilines is 2. The first-order chi connectivity index (χ1) is 14.3. The van der Waals surface area contributed by atoms with E-state index in [0.29, 0.717) is 27.2 Å². The lowest BCUT2D eigenvalue weighted by atomic mass is 10.1. The summed E-state index contributed by atoms with van der Waals surface area (Å²) in [6.07, 6.45) is 0. The Kier molecular flexibility index (Phi) is 5.69. The zero-order valence-corrected chi connectivity index (χ0v) is 18.5. The standard InChI is InChI=1S/C21H17Cl2N3O3S/c1-11-21(24-12(2)30-11)13-3-6-18-17(7-13)26(20(28)10-29-18)9-19(27)25-16-8-14(22)4-5-15(16)23/h3-8H,9-10H2,1-2H3,(H,25,27). The Morgan fingerprint density at radius 3 is 2.77 bits per heavy atom. The molecule has 0 spiro atoms. The molecule has 0 saturated carbocycles. The summed E-state index contributed by atoms with van der Waals surface area (Å²) >= 11 is 13.7. The van der Waals surface area contributed by atoms with Gasteiger partial charge in [0, 0.05) is 15.5 Å². The van der Waals surface area contributed by atoms with Crippen molar-refractivity contribution in [1.82, 2.24) is 4.98 Å². The van der Waals surface area contributed by atoms with E-state index in [1.807, 2.05) is 26.0 Å². The lowest BCUT2D eigenvalue weighted by Crippen LogP contribution is -2.43. The van der Waals surface area contributed by atoms with Gasteiger partial charge in [-0.05, 0) is 50.2 Å². The molecule has 0 unspecified atom stereocenters. The Hall–Kier alpha value is -2.61. The maximum Gasteiger partial charge on any atom is 0.265 e. The van der Waals surface area contributed by atoms with E-state index in [9.17, 15) is 9.59 Å². The Bertz CT molecular complexity index is 1160. The number of fused-ring (bicyclic) bond motifs is 1. The van der Waals surface area contributed by atoms with Crippen LogP contribution < -0.4 is 15.0 Å². The number of benzene rings is 2. The highest BCUT2D eigenvalue weighted by Gasteiger charge is 2.28. The van der Waals surface area contributed by atoms with Crippen molar-refractivity contribution in [3.8, 4) is 17.0 Å². The molecule has 3 aromatic rings. The minimum atomic E-state index is -0.397. The van der Waals surface area contributed by atoms with Crippen LogP contribution in [-0.2, 0) is 9.59 Å². The second kappa shape index (κ2) is 8.26. The zero-order chi connectivity index (χ0) is 21.4. The average Bonchev–Trinajstić information content (AvgIpc) is 3.04. The van der Waals surface area contributed by atoms with Gasteiger partial charge < -0.3 is 10.1 Å². The number of ether oxygens (including phenoxy) is 1. The quantitative estimate of drug-likeness (QED) is 0.586. The van der Waals surface area contributed by atoms with Crippen LogP contribution in [0.1, 0.15) is 9.88 Å². The highest BCUT2D eigenvalue weighted by Crippen LogP contribution is 2.37. The first-order valence-electron chi connectivity index (χ1n) is 9.08. The Labute approximate surface area is 187 Å². The van der Waals surface area contributed by atoms with Crippen molar-refractivity contribution in [2.45, 2.75) is 13.8 Å². The van der Waals surface area contributed by atoms with Crippen molar-refractivity contribution >= 4 is 57.7 Å². The SMILES string of the molecule is Cc1nc(-c2ccc3c(c2)N(CC(=O)Nc2cc(Cl)ccc2Cl)C(=O)CO3)c(C)s1. The second-order valence-electron chi connectivity index (χ2n) is 6.76. The van der Waals surface area contributed by atoms with Gasteiger partial charge in [-0.25, -0.2) is 4.98 Å². The molecule has 6 nitrogen and oxygen atoms in total. The number of hydrogen-bond donors (Lipinski definition) is 1. The van der Waals surface area contributed by atoms with Gasteiger partial charge in [-0.3, -0.25) is 14.5 Å². The van der Waals surface area contributed by atoms with Crippen molar-refractivity contribution in [3.05, 3.63) is 56.3 Å². The van der Waals surface area contributed by atoms with Crippen LogP contribution in [0.2, 0.25) is 10.0 Å². The molecule has 0 bridgehead atoms. The minimum Gasteiger partial charge on any atom is -0.482 e. The van der Waals surface area contributed by atoms with E-state index < -0.39 is 5.91 Å². The lowest BCUT2D eigenvalue weighted by Gasteiger charge is -2.29. The van der Waals surface area contributed by atoms with Crippen molar-refractivity contribution in [3.63, 3.8) is 0 Å². The number of rotatable bonds is 4. The van der Waals surface area contributed by atoms with Crippen LogP contribution in [0.25, 0.3) is 11.3 Å². The van der Waals surface area contributed by atoms with Gasteiger partial charge in [0.05, 0.1) is 27.1 Å². The van der Waals surface area contributed by atoms with Gasteiger partial charge in [-0.1, -0.05) is 23.2 Å². The zero-order valence-electron chi connectivity index (χ0n) is 16.2. The third-order valence-electron chi connectivity index (χ3n) is 4.58. The van der Waals surface area contributed by atoms with Crippen LogP contribution in [0.15, 0.2) is 36.4 Å². The molecule has 1 aromatic heterocycles. The molecule has 4 rings (SSSR count). The predicted molar refractivity (Wildman–Crippen MR) is 120 cm³/mol. The van der Waals surface area contributed by atoms with Crippen molar-refractivity contribution < 1.29 is 14.3 Å². The van der Waals surface area contributed by atoms with Crippen LogP contribution in [0.5, 0.6) is 5.75 Å². The van der Waals surface area contributed by atoms with Crippen LogP contribution in [0.4, 0.5) is 11.4 Å². The van der Waals surface area contributed by atoms with Crippen LogP contribution in [0, 0.1) is 13.8 Å². The van der Waals surface area contributed by atoms with Gasteiger partial charge >= 0.3 is 0 Å². The summed E-state index contributed by atoms with van der Waals surface area (Å²) in [6, 6.07) is 10.3. The maximum absolute atomic E-state index is 12.7. The fourth-order valence-corrected chi connectivity index (χ4v) is 4.42. The van der Waals surface area contributed by atoms with E-state index in [1.165, 1.54) is 4.90 Å². The van der Waals surface area contributed by atoms with Crippen molar-refractivity contribution in [1.29, 1.82) is 0 Å². The molecule has 0 radical (unpaired) electrons. The topological polar surface area (TPSA) is 71.5 Å². The van der Waals surface area contributed by atoms with Crippen molar-refractivity contribution in [2.24, 2.45) is 0 Å². The third-order valence-corrected chi connectivity index (χ3v) is 6.03. The van der Waals surface area contributed by atoms with E-state index in [2.05, 4.69) is 10.3 Å².